The van der Waals surface area contributed by atoms with Crippen molar-refractivity contribution < 1.29 is 23.3 Å². The van der Waals surface area contributed by atoms with E-state index in [1.165, 1.54) is 4.31 Å². The van der Waals surface area contributed by atoms with Gasteiger partial charge >= 0.3 is 6.03 Å². The van der Waals surface area contributed by atoms with Crippen molar-refractivity contribution in [1.82, 2.24) is 9.62 Å². The van der Waals surface area contributed by atoms with Crippen molar-refractivity contribution in [1.29, 1.82) is 0 Å². The minimum atomic E-state index is -3.49. The van der Waals surface area contributed by atoms with Crippen LogP contribution in [0.4, 0.5) is 4.79 Å². The van der Waals surface area contributed by atoms with Gasteiger partial charge in [0.15, 0.2) is 6.04 Å². The third-order valence-electron chi connectivity index (χ3n) is 3.99. The molecule has 0 aliphatic carbocycles. The van der Waals surface area contributed by atoms with Crippen molar-refractivity contribution in [2.75, 3.05) is 13.1 Å². The summed E-state index contributed by atoms with van der Waals surface area (Å²) in [6.45, 7) is 7.97. The molecule has 0 radical (unpaired) electrons. The van der Waals surface area contributed by atoms with Gasteiger partial charge in [-0.1, -0.05) is 26.0 Å². The average molecular weight is 371 g/mol. The molecule has 1 aromatic carbocycles. The van der Waals surface area contributed by atoms with Gasteiger partial charge in [0, 0.05) is 18.7 Å². The summed E-state index contributed by atoms with van der Waals surface area (Å²) in [7, 11) is -3.49. The lowest BCUT2D eigenvalue weighted by atomic mass is 10.1. The maximum absolute atomic E-state index is 12.5. The van der Waals surface area contributed by atoms with Crippen LogP contribution in [0.15, 0.2) is 29.2 Å². The van der Waals surface area contributed by atoms with Crippen molar-refractivity contribution in [3.8, 4) is 0 Å². The molecule has 25 heavy (non-hydrogen) atoms. The molecule has 3 amide bonds. The Balaban J connectivity index is 2.85. The first-order valence-corrected chi connectivity index (χ1v) is 9.62. The fourth-order valence-electron chi connectivity index (χ4n) is 2.52. The maximum atomic E-state index is 12.5. The third kappa shape index (κ3) is 5.52. The Morgan fingerprint density at radius 2 is 1.68 bits per heavy atom. The lowest BCUT2D eigenvalue weighted by Gasteiger charge is -2.19. The van der Waals surface area contributed by atoms with Crippen molar-refractivity contribution in [2.45, 2.75) is 44.7 Å². The number of primary amides is 1. The molecule has 0 spiro atoms. The second-order valence-corrected chi connectivity index (χ2v) is 7.72. The standard InChI is InChI=1S/C16H26N4O4S/c1-5-20(6-2)25(23,24)14-9-7-13(8-10-14)11(3)18-12(4)15(21)19-16(17)22/h7-12,18H,5-6H2,1-4H3,(H3,17,19,21,22)/p+1/t11-,12+/m0/s1. The summed E-state index contributed by atoms with van der Waals surface area (Å²) in [5.41, 5.74) is 5.80. The highest BCUT2D eigenvalue weighted by atomic mass is 32.2. The van der Waals surface area contributed by atoms with Gasteiger partial charge in [0.2, 0.25) is 10.0 Å². The predicted molar refractivity (Wildman–Crippen MR) is 94.1 cm³/mol. The van der Waals surface area contributed by atoms with E-state index in [2.05, 4.69) is 0 Å². The molecule has 1 rings (SSSR count). The molecule has 5 N–H and O–H groups in total. The molecule has 0 aliphatic heterocycles. The minimum absolute atomic E-state index is 0.0983. The van der Waals surface area contributed by atoms with Crippen LogP contribution < -0.4 is 16.4 Å². The number of nitrogens with two attached hydrogens (primary N) is 2. The molecule has 0 aromatic heterocycles. The number of hydrogen-bond donors (Lipinski definition) is 3. The van der Waals surface area contributed by atoms with E-state index in [4.69, 9.17) is 5.73 Å². The summed E-state index contributed by atoms with van der Waals surface area (Å²) in [6.07, 6.45) is 0. The number of carbonyl (C=O) groups is 2. The van der Waals surface area contributed by atoms with E-state index >= 15 is 0 Å². The van der Waals surface area contributed by atoms with Crippen LogP contribution in [-0.4, -0.2) is 43.8 Å². The Labute approximate surface area is 148 Å². The summed E-state index contributed by atoms with van der Waals surface area (Å²) in [4.78, 5) is 22.7. The van der Waals surface area contributed by atoms with Gasteiger partial charge in [-0.05, 0) is 26.0 Å². The first-order valence-electron chi connectivity index (χ1n) is 8.18. The number of imide groups is 1. The van der Waals surface area contributed by atoms with Crippen LogP contribution >= 0.6 is 0 Å². The number of carbonyl (C=O) groups excluding carboxylic acids is 2. The van der Waals surface area contributed by atoms with Gasteiger partial charge in [0.1, 0.15) is 6.04 Å². The van der Waals surface area contributed by atoms with Crippen molar-refractivity contribution in [3.63, 3.8) is 0 Å². The summed E-state index contributed by atoms with van der Waals surface area (Å²) in [6, 6.07) is 5.11. The van der Waals surface area contributed by atoms with E-state index in [1.54, 1.807) is 50.4 Å². The van der Waals surface area contributed by atoms with Gasteiger partial charge in [-0.3, -0.25) is 10.1 Å². The van der Waals surface area contributed by atoms with Crippen LogP contribution in [-0.2, 0) is 14.8 Å². The first-order chi connectivity index (χ1) is 11.6. The smallest absolute Gasteiger partial charge is 0.319 e. The predicted octanol–water partition coefficient (Wildman–Crippen LogP) is -0.0751. The van der Waals surface area contributed by atoms with Crippen LogP contribution in [0.5, 0.6) is 0 Å². The van der Waals surface area contributed by atoms with Crippen LogP contribution in [0.25, 0.3) is 0 Å². The van der Waals surface area contributed by atoms with Crippen LogP contribution in [0.1, 0.15) is 39.3 Å². The molecule has 1 aromatic rings. The van der Waals surface area contributed by atoms with E-state index in [1.807, 2.05) is 12.2 Å². The molecule has 140 valence electrons. The molecule has 0 bridgehead atoms. The monoisotopic (exact) mass is 371 g/mol. The van der Waals surface area contributed by atoms with Gasteiger partial charge in [-0.15, -0.1) is 0 Å². The normalized spacial score (nSPS) is 14.1. The number of nitrogens with zero attached hydrogens (tertiary/aromatic N) is 1. The third-order valence-corrected chi connectivity index (χ3v) is 6.05. The zero-order valence-electron chi connectivity index (χ0n) is 15.0. The van der Waals surface area contributed by atoms with Crippen LogP contribution in [0.2, 0.25) is 0 Å². The Morgan fingerprint density at radius 1 is 1.16 bits per heavy atom. The van der Waals surface area contributed by atoms with E-state index in [-0.39, 0.29) is 10.9 Å². The van der Waals surface area contributed by atoms with Gasteiger partial charge in [-0.2, -0.15) is 4.31 Å². The Bertz CT molecular complexity index is 699. The lowest BCUT2D eigenvalue weighted by Crippen LogP contribution is -2.92. The molecule has 0 fully saturated rings. The second-order valence-electron chi connectivity index (χ2n) is 5.78. The van der Waals surface area contributed by atoms with Crippen LogP contribution in [0, 0.1) is 0 Å². The second kappa shape index (κ2) is 8.93. The number of amides is 3. The number of sulfonamides is 1. The molecule has 2 atom stereocenters. The summed E-state index contributed by atoms with van der Waals surface area (Å²) in [5.74, 6) is -0.472. The number of quaternary nitrogens is 1. The quantitative estimate of drug-likeness (QED) is 0.591. The molecule has 0 unspecified atom stereocenters. The molecule has 8 nitrogen and oxygen atoms in total. The number of benzene rings is 1. The van der Waals surface area contributed by atoms with Crippen molar-refractivity contribution in [2.24, 2.45) is 5.73 Å². The Kier molecular flexibility index (Phi) is 7.53. The highest BCUT2D eigenvalue weighted by Gasteiger charge is 2.24. The van der Waals surface area contributed by atoms with Crippen molar-refractivity contribution >= 4 is 22.0 Å². The zero-order valence-corrected chi connectivity index (χ0v) is 15.8. The molecule has 0 heterocycles. The van der Waals surface area contributed by atoms with E-state index in [9.17, 15) is 18.0 Å². The Morgan fingerprint density at radius 3 is 2.12 bits per heavy atom. The highest BCUT2D eigenvalue weighted by Crippen LogP contribution is 2.18. The topological polar surface area (TPSA) is 126 Å². The van der Waals surface area contributed by atoms with Gasteiger partial charge in [0.25, 0.3) is 5.91 Å². The zero-order chi connectivity index (χ0) is 19.2. The number of nitrogens with one attached hydrogen (secondary N) is 1. The molecule has 0 saturated carbocycles. The maximum Gasteiger partial charge on any atom is 0.319 e. The first kappa shape index (κ1) is 21.1. The minimum Gasteiger partial charge on any atom is -0.351 e. The fourth-order valence-corrected chi connectivity index (χ4v) is 3.98. The summed E-state index contributed by atoms with van der Waals surface area (Å²) >= 11 is 0. The molecular formula is C16H27N4O4S+. The Hall–Kier alpha value is -1.97. The molecule has 0 aliphatic rings. The fraction of sp³-hybridized carbons (Fsp3) is 0.500. The van der Waals surface area contributed by atoms with Gasteiger partial charge in [0.05, 0.1) is 4.90 Å². The largest absolute Gasteiger partial charge is 0.351 e. The molecular weight excluding hydrogens is 344 g/mol. The number of rotatable bonds is 8. The average Bonchev–Trinajstić information content (AvgIpc) is 2.55. The lowest BCUT2D eigenvalue weighted by molar-refractivity contribution is -0.710. The van der Waals surface area contributed by atoms with Gasteiger partial charge in [-0.25, -0.2) is 13.2 Å². The number of hydrogen-bond acceptors (Lipinski definition) is 4. The molecule has 9 heteroatoms. The van der Waals surface area contributed by atoms with E-state index in [0.29, 0.717) is 13.1 Å². The SMILES string of the molecule is CCN(CC)S(=O)(=O)c1ccc([C@H](C)[NH2+][C@H](C)C(=O)NC(N)=O)cc1. The van der Waals surface area contributed by atoms with Crippen LogP contribution in [0.3, 0.4) is 0 Å². The highest BCUT2D eigenvalue weighted by molar-refractivity contribution is 7.89. The molecule has 0 saturated heterocycles. The van der Waals surface area contributed by atoms with Gasteiger partial charge < -0.3 is 11.1 Å². The number of urea groups is 1. The summed E-state index contributed by atoms with van der Waals surface area (Å²) < 4.78 is 26.3. The van der Waals surface area contributed by atoms with Crippen molar-refractivity contribution in [3.05, 3.63) is 29.8 Å². The summed E-state index contributed by atoms with van der Waals surface area (Å²) in [5, 5.41) is 3.81. The van der Waals surface area contributed by atoms with E-state index < -0.39 is 28.0 Å². The van der Waals surface area contributed by atoms with E-state index in [0.717, 1.165) is 5.56 Å².